The molecule has 78 heavy (non-hydrogen) atoms. The Balaban J connectivity index is 0.0000112. The molecule has 6 aromatic carbocycles. The Morgan fingerprint density at radius 1 is 0.359 bits per heavy atom. The number of benzene rings is 6. The van der Waals surface area contributed by atoms with E-state index in [2.05, 4.69) is 263 Å². The van der Waals surface area contributed by atoms with Gasteiger partial charge in [0.25, 0.3) is 0 Å². The molecule has 6 heteroatoms. The van der Waals surface area contributed by atoms with Crippen molar-refractivity contribution in [3.63, 3.8) is 0 Å². The van der Waals surface area contributed by atoms with Crippen LogP contribution in [0.4, 0.5) is 0 Å². The first-order valence-corrected chi connectivity index (χ1v) is 34.2. The van der Waals surface area contributed by atoms with Crippen molar-refractivity contribution in [3.05, 3.63) is 142 Å². The molecule has 0 amide bonds. The molecule has 4 nitrogen and oxygen atoms in total. The molecule has 0 aliphatic heterocycles. The van der Waals surface area contributed by atoms with Crippen LogP contribution in [0.3, 0.4) is 0 Å². The monoisotopic (exact) mass is 1150 g/mol. The van der Waals surface area contributed by atoms with Gasteiger partial charge in [-0.1, -0.05) is 83.1 Å². The largest absolute Gasteiger partial charge is 0 e. The van der Waals surface area contributed by atoms with E-state index in [0.717, 1.165) is 77.6 Å². The van der Waals surface area contributed by atoms with Crippen LogP contribution in [0.1, 0.15) is 197 Å². The summed E-state index contributed by atoms with van der Waals surface area (Å²) in [7, 11) is 0. The molecule has 0 saturated carbocycles. The maximum Gasteiger partial charge on any atom is 0 e. The molecule has 0 spiro atoms. The van der Waals surface area contributed by atoms with Crippen LogP contribution >= 0.6 is 0 Å². The van der Waals surface area contributed by atoms with Gasteiger partial charge in [0.1, 0.15) is 0 Å². The van der Waals surface area contributed by atoms with Gasteiger partial charge in [-0.15, -0.1) is 0 Å². The average Bonchev–Trinajstić information content (AvgIpc) is 3.30. The van der Waals surface area contributed by atoms with Crippen molar-refractivity contribution in [1.29, 1.82) is 0 Å². The standard InChI is InChI=1S/C72H100GeO4.Sc/c1-45(2)73(46(3)4,29-31-76-63-27-25-51(67(7,8)9)43-59(63)61-35-47(5)33-57(65(61)74)49-37-53(69(13,14)15)41-54(38-49)70(16,17)18)30-32-77-64-28-26-52(68(10,11)12)44-60(64)62-36-48(6)34-58(66(62)75)50-39-55(71(19,20)21)42-56(40-50)72(22,23)24;/h25-28,33-46,74-75H,29-32H2,1-24H3;. The number of aryl methyl sites for hydroxylation is 2. The molecule has 6 aromatic rings. The minimum atomic E-state index is -2.81. The summed E-state index contributed by atoms with van der Waals surface area (Å²) in [5.41, 5.74) is 16.2. The van der Waals surface area contributed by atoms with Crippen molar-refractivity contribution in [2.75, 3.05) is 13.2 Å². The van der Waals surface area contributed by atoms with E-state index in [1.807, 2.05) is 0 Å². The number of rotatable bonds is 14. The number of ether oxygens (including phenoxy) is 2. The maximum atomic E-state index is 12.6. The molecule has 0 aromatic heterocycles. The average molecular weight is 1150 g/mol. The van der Waals surface area contributed by atoms with Gasteiger partial charge in [0.05, 0.1) is 0 Å². The summed E-state index contributed by atoms with van der Waals surface area (Å²) < 4.78 is 15.2. The van der Waals surface area contributed by atoms with Crippen LogP contribution in [-0.2, 0) is 58.3 Å². The van der Waals surface area contributed by atoms with Crippen LogP contribution in [0, 0.1) is 13.8 Å². The Morgan fingerprint density at radius 3 is 0.885 bits per heavy atom. The maximum absolute atomic E-state index is 12.6. The molecule has 6 rings (SSSR count). The van der Waals surface area contributed by atoms with Gasteiger partial charge in [-0.25, -0.2) is 0 Å². The molecule has 0 fully saturated rings. The molecule has 0 heterocycles. The number of hydrogen-bond acceptors (Lipinski definition) is 4. The van der Waals surface area contributed by atoms with Gasteiger partial charge in [0.2, 0.25) is 0 Å². The van der Waals surface area contributed by atoms with Gasteiger partial charge in [-0.3, -0.25) is 0 Å². The Labute approximate surface area is 496 Å². The van der Waals surface area contributed by atoms with Crippen molar-refractivity contribution < 1.29 is 45.5 Å². The second kappa shape index (κ2) is 23.8. The van der Waals surface area contributed by atoms with Gasteiger partial charge in [0.15, 0.2) is 0 Å². The fourth-order valence-corrected chi connectivity index (χ4v) is 21.2. The van der Waals surface area contributed by atoms with Gasteiger partial charge >= 0.3 is 391 Å². The Bertz CT molecular complexity index is 2800. The number of phenols is 2. The van der Waals surface area contributed by atoms with E-state index in [9.17, 15) is 10.2 Å². The third-order valence-corrected chi connectivity index (χ3v) is 31.1. The predicted octanol–water partition coefficient (Wildman–Crippen LogP) is 20.9. The first kappa shape index (κ1) is 64.8. The normalized spacial score (nSPS) is 13.1. The van der Waals surface area contributed by atoms with Crippen LogP contribution in [0.25, 0.3) is 44.5 Å². The van der Waals surface area contributed by atoms with E-state index in [1.165, 1.54) is 33.4 Å². The van der Waals surface area contributed by atoms with Crippen LogP contribution in [0.15, 0.2) is 97.1 Å². The zero-order chi connectivity index (χ0) is 57.8. The third-order valence-electron chi connectivity index (χ3n) is 16.7. The molecule has 0 saturated heterocycles. The predicted molar refractivity (Wildman–Crippen MR) is 336 cm³/mol. The van der Waals surface area contributed by atoms with E-state index in [0.29, 0.717) is 22.7 Å². The molecule has 1 radical (unpaired) electrons. The van der Waals surface area contributed by atoms with Gasteiger partial charge in [-0.2, -0.15) is 0 Å². The van der Waals surface area contributed by atoms with E-state index in [1.54, 1.807) is 0 Å². The minimum absolute atomic E-state index is 0. The van der Waals surface area contributed by atoms with Crippen LogP contribution < -0.4 is 9.47 Å². The van der Waals surface area contributed by atoms with E-state index in [4.69, 9.17) is 9.47 Å². The summed E-state index contributed by atoms with van der Waals surface area (Å²) in [6, 6.07) is 35.4. The van der Waals surface area contributed by atoms with Crippen molar-refractivity contribution >= 4 is 13.3 Å². The van der Waals surface area contributed by atoms with Crippen molar-refractivity contribution in [1.82, 2.24) is 0 Å². The molecular formula is C72H100GeO4Sc. The second-order valence-electron chi connectivity index (χ2n) is 29.7. The molecular weight excluding hydrogens is 1050 g/mol. The van der Waals surface area contributed by atoms with Crippen molar-refractivity contribution in [3.8, 4) is 67.5 Å². The molecule has 0 aliphatic rings. The summed E-state index contributed by atoms with van der Waals surface area (Å²) in [6.07, 6.45) is 0. The number of aromatic hydroxyl groups is 2. The van der Waals surface area contributed by atoms with Crippen molar-refractivity contribution in [2.45, 2.75) is 219 Å². The summed E-state index contributed by atoms with van der Waals surface area (Å²) in [4.78, 5) is 0. The van der Waals surface area contributed by atoms with Gasteiger partial charge in [0, 0.05) is 25.8 Å². The fourth-order valence-electron chi connectivity index (χ4n) is 11.0. The Kier molecular flexibility index (Phi) is 19.8. The minimum Gasteiger partial charge on any atom is 0 e. The quantitative estimate of drug-likeness (QED) is 0.107. The molecule has 0 atom stereocenters. The van der Waals surface area contributed by atoms with E-state index < -0.39 is 13.3 Å². The second-order valence-corrected chi connectivity index (χ2v) is 41.8. The number of phenolic OH excluding ortho intramolecular Hbond substituents is 2. The molecule has 0 aliphatic carbocycles. The molecule has 419 valence electrons. The van der Waals surface area contributed by atoms with Gasteiger partial charge in [-0.05, 0) is 0 Å². The Hall–Kier alpha value is -4.07. The molecule has 0 unspecified atom stereocenters. The van der Waals surface area contributed by atoms with Gasteiger partial charge < -0.3 is 0 Å². The zero-order valence-electron chi connectivity index (χ0n) is 53.0. The summed E-state index contributed by atoms with van der Waals surface area (Å²) in [6.45, 7) is 55.7. The first-order chi connectivity index (χ1) is 35.2. The SMILES string of the molecule is Cc1cc(-c2cc(C(C)(C)C)cc(C(C)(C)C)c2)c(O)c(-c2cc(C(C)(C)C)ccc2OC[CH2][Ge]([CH2]COc2ccc(C(C)(C)C)cc2-c2cc(C)cc(-c3cc(C(C)(C)C)cc(C(C)(C)C)c3)c2O)([CH](C)C)[CH](C)C)c1.[Sc]. The zero-order valence-corrected chi connectivity index (χ0v) is 56.9. The third kappa shape index (κ3) is 14.9. The van der Waals surface area contributed by atoms with Crippen molar-refractivity contribution in [2.24, 2.45) is 0 Å². The summed E-state index contributed by atoms with van der Waals surface area (Å²) in [5.74, 6) is 2.15. The van der Waals surface area contributed by atoms with Crippen LogP contribution in [0.2, 0.25) is 20.0 Å². The topological polar surface area (TPSA) is 58.9 Å². The summed E-state index contributed by atoms with van der Waals surface area (Å²) in [5, 5.41) is 27.1. The first-order valence-electron chi connectivity index (χ1n) is 28.8. The van der Waals surface area contributed by atoms with E-state index in [-0.39, 0.29) is 69.8 Å². The molecule has 2 N–H and O–H groups in total. The summed E-state index contributed by atoms with van der Waals surface area (Å²) >= 11 is -2.81. The number of hydrogen-bond donors (Lipinski definition) is 2. The van der Waals surface area contributed by atoms with Crippen LogP contribution in [-0.4, -0.2) is 36.7 Å². The van der Waals surface area contributed by atoms with E-state index >= 15 is 0 Å². The molecule has 0 bridgehead atoms. The smallest absolute Gasteiger partial charge is 0 e. The Morgan fingerprint density at radius 2 is 0.628 bits per heavy atom. The fraction of sp³-hybridized carbons (Fsp3) is 0.500. The van der Waals surface area contributed by atoms with Crippen LogP contribution in [0.5, 0.6) is 23.0 Å².